The molecule has 170 valence electrons. The molecule has 0 aliphatic rings. The van der Waals surface area contributed by atoms with Crippen LogP contribution in [-0.2, 0) is 13.1 Å². The largest absolute Gasteiger partial charge is 0.496 e. The van der Waals surface area contributed by atoms with Crippen LogP contribution in [0.15, 0.2) is 66.7 Å². The number of para-hydroxylation sites is 3. The summed E-state index contributed by atoms with van der Waals surface area (Å²) in [5.74, 6) is 2.09. The Kier molecular flexibility index (Phi) is 6.93. The van der Waals surface area contributed by atoms with Gasteiger partial charge in [-0.2, -0.15) is 0 Å². The zero-order chi connectivity index (χ0) is 23.2. The predicted octanol–water partition coefficient (Wildman–Crippen LogP) is 5.06. The van der Waals surface area contributed by atoms with E-state index in [1.807, 2.05) is 30.3 Å². The first-order chi connectivity index (χ1) is 16.1. The number of benzene rings is 3. The summed E-state index contributed by atoms with van der Waals surface area (Å²) in [6.45, 7) is 5.79. The van der Waals surface area contributed by atoms with Gasteiger partial charge in [0.15, 0.2) is 0 Å². The molecule has 0 bridgehead atoms. The third-order valence-electron chi connectivity index (χ3n) is 5.62. The molecule has 6 nitrogen and oxygen atoms in total. The molecular formula is C27H29N3O3. The van der Waals surface area contributed by atoms with Crippen LogP contribution in [0.2, 0.25) is 0 Å². The Morgan fingerprint density at radius 1 is 1.00 bits per heavy atom. The Morgan fingerprint density at radius 3 is 2.64 bits per heavy atom. The van der Waals surface area contributed by atoms with Crippen LogP contribution in [0.4, 0.5) is 0 Å². The van der Waals surface area contributed by atoms with E-state index in [1.54, 1.807) is 19.2 Å². The number of carbonyl (C=O) groups excluding carboxylic acids is 1. The van der Waals surface area contributed by atoms with Gasteiger partial charge in [-0.3, -0.25) is 4.79 Å². The van der Waals surface area contributed by atoms with Gasteiger partial charge < -0.3 is 19.4 Å². The van der Waals surface area contributed by atoms with Crippen LogP contribution in [0.3, 0.4) is 0 Å². The smallest absolute Gasteiger partial charge is 0.255 e. The number of ether oxygens (including phenoxy) is 2. The van der Waals surface area contributed by atoms with E-state index < -0.39 is 0 Å². The molecule has 0 saturated heterocycles. The quantitative estimate of drug-likeness (QED) is 0.367. The Hall–Kier alpha value is -3.80. The molecule has 1 N–H and O–H groups in total. The predicted molar refractivity (Wildman–Crippen MR) is 130 cm³/mol. The molecule has 6 heteroatoms. The minimum Gasteiger partial charge on any atom is -0.496 e. The number of imidazole rings is 1. The molecule has 4 aromatic rings. The van der Waals surface area contributed by atoms with Crippen molar-refractivity contribution < 1.29 is 14.3 Å². The normalized spacial score (nSPS) is 10.9. The number of carbonyl (C=O) groups is 1. The number of methoxy groups -OCH3 is 1. The Bertz CT molecular complexity index is 1260. The zero-order valence-electron chi connectivity index (χ0n) is 19.3. The van der Waals surface area contributed by atoms with Crippen LogP contribution < -0.4 is 14.8 Å². The molecule has 0 aliphatic heterocycles. The monoisotopic (exact) mass is 443 g/mol. The van der Waals surface area contributed by atoms with Crippen LogP contribution in [0.25, 0.3) is 11.0 Å². The fourth-order valence-electron chi connectivity index (χ4n) is 3.86. The van der Waals surface area contributed by atoms with E-state index in [4.69, 9.17) is 14.5 Å². The van der Waals surface area contributed by atoms with Crippen LogP contribution in [0, 0.1) is 13.8 Å². The maximum absolute atomic E-state index is 12.8. The Labute approximate surface area is 194 Å². The average molecular weight is 444 g/mol. The number of fused-ring (bicyclic) bond motifs is 1. The second kappa shape index (κ2) is 10.2. The molecule has 0 aliphatic carbocycles. The van der Waals surface area contributed by atoms with E-state index in [2.05, 4.69) is 48.0 Å². The van der Waals surface area contributed by atoms with Crippen molar-refractivity contribution in [1.82, 2.24) is 14.9 Å². The molecule has 3 aromatic carbocycles. The van der Waals surface area contributed by atoms with Crippen molar-refractivity contribution in [2.24, 2.45) is 0 Å². The third-order valence-corrected chi connectivity index (χ3v) is 5.62. The number of rotatable bonds is 9. The van der Waals surface area contributed by atoms with E-state index in [9.17, 15) is 4.79 Å². The maximum atomic E-state index is 12.8. The summed E-state index contributed by atoms with van der Waals surface area (Å²) < 4.78 is 13.5. The molecule has 33 heavy (non-hydrogen) atoms. The van der Waals surface area contributed by atoms with Crippen LogP contribution in [0.1, 0.15) is 33.7 Å². The molecule has 0 radical (unpaired) electrons. The zero-order valence-corrected chi connectivity index (χ0v) is 19.3. The lowest BCUT2D eigenvalue weighted by Crippen LogP contribution is -2.25. The Morgan fingerprint density at radius 2 is 1.79 bits per heavy atom. The number of amides is 1. The number of nitrogens with zero attached hydrogens (tertiary/aromatic N) is 2. The molecule has 0 unspecified atom stereocenters. The summed E-state index contributed by atoms with van der Waals surface area (Å²) in [4.78, 5) is 17.5. The van der Waals surface area contributed by atoms with Crippen molar-refractivity contribution in [2.75, 3.05) is 13.7 Å². The van der Waals surface area contributed by atoms with Crippen LogP contribution in [0.5, 0.6) is 11.5 Å². The fourth-order valence-corrected chi connectivity index (χ4v) is 3.86. The second-order valence-corrected chi connectivity index (χ2v) is 8.02. The molecule has 0 spiro atoms. The summed E-state index contributed by atoms with van der Waals surface area (Å²) >= 11 is 0. The lowest BCUT2D eigenvalue weighted by Gasteiger charge is -2.13. The van der Waals surface area contributed by atoms with E-state index in [-0.39, 0.29) is 5.91 Å². The van der Waals surface area contributed by atoms with Gasteiger partial charge in [0.1, 0.15) is 17.3 Å². The fraction of sp³-hybridized carbons (Fsp3) is 0.259. The summed E-state index contributed by atoms with van der Waals surface area (Å²) in [7, 11) is 1.56. The molecule has 1 aromatic heterocycles. The van der Waals surface area contributed by atoms with Gasteiger partial charge in [-0.25, -0.2) is 4.98 Å². The maximum Gasteiger partial charge on any atom is 0.255 e. The number of hydrogen-bond donors (Lipinski definition) is 1. The molecule has 0 saturated carbocycles. The first-order valence-electron chi connectivity index (χ1n) is 11.1. The SMILES string of the molecule is COc1ccccc1C(=O)NCc1nc2ccccc2n1CCCOc1cc(C)ccc1C. The van der Waals surface area contributed by atoms with Gasteiger partial charge in [0.05, 0.1) is 36.9 Å². The first kappa shape index (κ1) is 22.4. The second-order valence-electron chi connectivity index (χ2n) is 8.02. The molecule has 0 fully saturated rings. The van der Waals surface area contributed by atoms with E-state index >= 15 is 0 Å². The highest BCUT2D eigenvalue weighted by atomic mass is 16.5. The number of aryl methyl sites for hydroxylation is 3. The van der Waals surface area contributed by atoms with Crippen molar-refractivity contribution in [1.29, 1.82) is 0 Å². The van der Waals surface area contributed by atoms with Gasteiger partial charge >= 0.3 is 0 Å². The molecule has 1 heterocycles. The summed E-state index contributed by atoms with van der Waals surface area (Å²) in [6, 6.07) is 21.5. The molecule has 0 atom stereocenters. The van der Waals surface area contributed by atoms with Gasteiger partial charge in [-0.1, -0.05) is 36.4 Å². The van der Waals surface area contributed by atoms with Gasteiger partial charge in [0, 0.05) is 6.54 Å². The minimum absolute atomic E-state index is 0.190. The van der Waals surface area contributed by atoms with Crippen molar-refractivity contribution in [3.8, 4) is 11.5 Å². The van der Waals surface area contributed by atoms with Crippen LogP contribution >= 0.6 is 0 Å². The van der Waals surface area contributed by atoms with E-state index in [1.165, 1.54) is 5.56 Å². The minimum atomic E-state index is -0.190. The highest BCUT2D eigenvalue weighted by molar-refractivity contribution is 5.96. The van der Waals surface area contributed by atoms with Crippen molar-refractivity contribution >= 4 is 16.9 Å². The molecular weight excluding hydrogens is 414 g/mol. The lowest BCUT2D eigenvalue weighted by atomic mass is 10.1. The van der Waals surface area contributed by atoms with Gasteiger partial charge in [0.25, 0.3) is 5.91 Å². The number of nitrogens with one attached hydrogen (secondary N) is 1. The van der Waals surface area contributed by atoms with Gasteiger partial charge in [0.2, 0.25) is 0 Å². The Balaban J connectivity index is 1.45. The summed E-state index contributed by atoms with van der Waals surface area (Å²) in [5, 5.41) is 2.99. The standard InChI is InChI=1S/C27H29N3O3/c1-19-13-14-20(2)25(17-19)33-16-8-15-30-23-11-6-5-10-22(23)29-26(30)18-28-27(31)21-9-4-7-12-24(21)32-3/h4-7,9-14,17H,8,15-16,18H2,1-3H3,(H,28,31). The number of hydrogen-bond acceptors (Lipinski definition) is 4. The molecule has 4 rings (SSSR count). The highest BCUT2D eigenvalue weighted by Crippen LogP contribution is 2.21. The summed E-state index contributed by atoms with van der Waals surface area (Å²) in [5.41, 5.74) is 4.78. The highest BCUT2D eigenvalue weighted by Gasteiger charge is 2.15. The third kappa shape index (κ3) is 5.17. The average Bonchev–Trinajstić information content (AvgIpc) is 3.19. The topological polar surface area (TPSA) is 65.4 Å². The van der Waals surface area contributed by atoms with Crippen molar-refractivity contribution in [2.45, 2.75) is 33.4 Å². The molecule has 1 amide bonds. The summed E-state index contributed by atoms with van der Waals surface area (Å²) in [6.07, 6.45) is 0.821. The van der Waals surface area contributed by atoms with Gasteiger partial charge in [-0.05, 0) is 61.7 Å². The lowest BCUT2D eigenvalue weighted by molar-refractivity contribution is 0.0946. The van der Waals surface area contributed by atoms with E-state index in [0.717, 1.165) is 41.1 Å². The first-order valence-corrected chi connectivity index (χ1v) is 11.1. The van der Waals surface area contributed by atoms with Crippen molar-refractivity contribution in [3.05, 3.63) is 89.2 Å². The number of aromatic nitrogens is 2. The van der Waals surface area contributed by atoms with Gasteiger partial charge in [-0.15, -0.1) is 0 Å². The van der Waals surface area contributed by atoms with E-state index in [0.29, 0.717) is 24.5 Å². The van der Waals surface area contributed by atoms with Crippen LogP contribution in [-0.4, -0.2) is 29.2 Å². The van der Waals surface area contributed by atoms with Crippen molar-refractivity contribution in [3.63, 3.8) is 0 Å².